The Kier molecular flexibility index (Phi) is 8.52. The number of benzene rings is 3. The molecule has 1 aromatic heterocycles. The Morgan fingerprint density at radius 1 is 0.806 bits per heavy atom. The van der Waals surface area contributed by atoms with Gasteiger partial charge in [0.25, 0.3) is 0 Å². The number of hydrogen-bond donors (Lipinski definition) is 0. The maximum atomic E-state index is 13.2. The van der Waals surface area contributed by atoms with Gasteiger partial charge >= 0.3 is 0 Å². The second-order valence-corrected chi connectivity index (χ2v) is 11.4. The molecule has 0 spiro atoms. The largest absolute Gasteiger partial charge is 1.00 e. The molecule has 1 heterocycles. The molecule has 8 heteroatoms. The Bertz CT molecular complexity index is 970. The number of carbonyl (C=O) groups excluding carboxylic acids is 1. The summed E-state index contributed by atoms with van der Waals surface area (Å²) >= 11 is 1.36. The fourth-order valence-corrected chi connectivity index (χ4v) is 8.87. The predicted molar refractivity (Wildman–Crippen MR) is 125 cm³/mol. The van der Waals surface area contributed by atoms with Crippen molar-refractivity contribution in [1.82, 2.24) is 20.2 Å². The van der Waals surface area contributed by atoms with Gasteiger partial charge in [-0.1, -0.05) is 66.4 Å². The molecule has 4 rings (SSSR count). The topological polar surface area (TPSA) is 60.7 Å². The fourth-order valence-electron chi connectivity index (χ4n) is 3.54. The minimum absolute atomic E-state index is 0. The first-order valence-corrected chi connectivity index (χ1v) is 12.7. The molecule has 31 heavy (non-hydrogen) atoms. The monoisotopic (exact) mass is 512 g/mol. The highest BCUT2D eigenvalue weighted by molar-refractivity contribution is 8.15. The van der Waals surface area contributed by atoms with Crippen molar-refractivity contribution in [2.45, 2.75) is 6.54 Å². The van der Waals surface area contributed by atoms with E-state index in [1.807, 2.05) is 18.2 Å². The summed E-state index contributed by atoms with van der Waals surface area (Å²) in [6.07, 6.45) is 2.05. The summed E-state index contributed by atoms with van der Waals surface area (Å²) in [5.41, 5.74) is 0. The van der Waals surface area contributed by atoms with Gasteiger partial charge in [-0.2, -0.15) is 0 Å². The van der Waals surface area contributed by atoms with Crippen molar-refractivity contribution in [1.29, 1.82) is 0 Å². The van der Waals surface area contributed by atoms with Crippen molar-refractivity contribution in [3.05, 3.63) is 97.3 Å². The minimum atomic E-state index is -2.13. The molecule has 0 N–H and O–H groups in total. The first-order chi connectivity index (χ1) is 14.8. The van der Waals surface area contributed by atoms with Gasteiger partial charge in [0.05, 0.1) is 6.54 Å². The summed E-state index contributed by atoms with van der Waals surface area (Å²) in [5, 5.41) is 15.0. The van der Waals surface area contributed by atoms with Gasteiger partial charge in [0.2, 0.25) is 5.12 Å². The normalized spacial score (nSPS) is 11.0. The third-order valence-electron chi connectivity index (χ3n) is 4.93. The maximum absolute atomic E-state index is 13.2. The Labute approximate surface area is 197 Å². The van der Waals surface area contributed by atoms with Crippen LogP contribution in [0.2, 0.25) is 0 Å². The summed E-state index contributed by atoms with van der Waals surface area (Å²) in [5.74, 6) is 0.641. The molecule has 0 aliphatic carbocycles. The molecule has 0 fully saturated rings. The van der Waals surface area contributed by atoms with Crippen molar-refractivity contribution in [3.63, 3.8) is 0 Å². The molecule has 0 amide bonds. The summed E-state index contributed by atoms with van der Waals surface area (Å²) in [4.78, 5) is 13.2. The summed E-state index contributed by atoms with van der Waals surface area (Å²) in [7, 11) is -2.13. The maximum Gasteiger partial charge on any atom is 0.227 e. The molecular formula is C23H22BrN4OPS. The first kappa shape index (κ1) is 23.3. The lowest BCUT2D eigenvalue weighted by atomic mass is 10.4. The number of aromatic nitrogens is 4. The SMILES string of the molecule is O=C(C[P+](c1ccccc1)(c1ccccc1)c1ccccc1)SCCn1cnnn1.[Br-]. The van der Waals surface area contributed by atoms with Crippen LogP contribution in [0.4, 0.5) is 0 Å². The van der Waals surface area contributed by atoms with Gasteiger partial charge in [-0.05, 0) is 46.8 Å². The lowest BCUT2D eigenvalue weighted by Crippen LogP contribution is -3.00. The van der Waals surface area contributed by atoms with Crippen molar-refractivity contribution < 1.29 is 21.8 Å². The number of thioether (sulfide) groups is 1. The molecule has 5 nitrogen and oxygen atoms in total. The van der Waals surface area contributed by atoms with Gasteiger partial charge in [0.1, 0.15) is 35.7 Å². The average molecular weight is 513 g/mol. The lowest BCUT2D eigenvalue weighted by Gasteiger charge is -2.26. The number of rotatable bonds is 8. The van der Waals surface area contributed by atoms with Crippen LogP contribution < -0.4 is 32.9 Å². The fraction of sp³-hybridized carbons (Fsp3) is 0.130. The van der Waals surface area contributed by atoms with E-state index in [0.717, 1.165) is 0 Å². The van der Waals surface area contributed by atoms with Crippen LogP contribution in [-0.4, -0.2) is 37.2 Å². The van der Waals surface area contributed by atoms with Gasteiger partial charge in [0.15, 0.2) is 0 Å². The van der Waals surface area contributed by atoms with Crippen LogP contribution in [0.15, 0.2) is 97.3 Å². The van der Waals surface area contributed by atoms with Crippen molar-refractivity contribution in [3.8, 4) is 0 Å². The number of carbonyl (C=O) groups is 1. The van der Waals surface area contributed by atoms with E-state index in [1.165, 1.54) is 27.7 Å². The van der Waals surface area contributed by atoms with Gasteiger partial charge in [-0.25, -0.2) is 4.68 Å². The number of halogens is 1. The zero-order chi connectivity index (χ0) is 20.7. The average Bonchev–Trinajstić information content (AvgIpc) is 3.33. The molecule has 0 aliphatic heterocycles. The van der Waals surface area contributed by atoms with Crippen LogP contribution in [0, 0.1) is 0 Å². The van der Waals surface area contributed by atoms with E-state index in [9.17, 15) is 4.79 Å². The van der Waals surface area contributed by atoms with Gasteiger partial charge in [-0.15, -0.1) is 5.10 Å². The molecule has 3 aromatic carbocycles. The van der Waals surface area contributed by atoms with Crippen LogP contribution in [0.1, 0.15) is 0 Å². The van der Waals surface area contributed by atoms with E-state index in [-0.39, 0.29) is 22.1 Å². The number of nitrogens with zero attached hydrogens (tertiary/aromatic N) is 4. The molecule has 0 unspecified atom stereocenters. The second kappa shape index (κ2) is 11.3. The zero-order valence-corrected chi connectivity index (χ0v) is 20.1. The molecule has 0 saturated carbocycles. The molecule has 0 aliphatic rings. The molecule has 0 bridgehead atoms. The van der Waals surface area contributed by atoms with E-state index in [2.05, 4.69) is 88.3 Å². The third kappa shape index (κ3) is 5.48. The Morgan fingerprint density at radius 3 is 1.71 bits per heavy atom. The molecule has 158 valence electrons. The van der Waals surface area contributed by atoms with E-state index in [4.69, 9.17) is 0 Å². The van der Waals surface area contributed by atoms with E-state index in [0.29, 0.717) is 18.5 Å². The summed E-state index contributed by atoms with van der Waals surface area (Å²) in [6, 6.07) is 31.4. The van der Waals surface area contributed by atoms with Crippen LogP contribution in [0.3, 0.4) is 0 Å². The van der Waals surface area contributed by atoms with E-state index in [1.54, 1.807) is 11.0 Å². The number of hydrogen-bond acceptors (Lipinski definition) is 5. The van der Waals surface area contributed by atoms with Crippen molar-refractivity contribution >= 4 is 40.1 Å². The highest BCUT2D eigenvalue weighted by atomic mass is 79.9. The molecule has 0 atom stereocenters. The van der Waals surface area contributed by atoms with Crippen molar-refractivity contribution in [2.75, 3.05) is 11.9 Å². The van der Waals surface area contributed by atoms with Crippen LogP contribution in [0.5, 0.6) is 0 Å². The van der Waals surface area contributed by atoms with Crippen LogP contribution in [-0.2, 0) is 11.3 Å². The summed E-state index contributed by atoms with van der Waals surface area (Å²) in [6.45, 7) is 0.608. The van der Waals surface area contributed by atoms with Crippen LogP contribution >= 0.6 is 19.0 Å². The van der Waals surface area contributed by atoms with Gasteiger partial charge in [-0.3, -0.25) is 4.79 Å². The van der Waals surface area contributed by atoms with E-state index < -0.39 is 7.26 Å². The smallest absolute Gasteiger partial charge is 0.227 e. The highest BCUT2D eigenvalue weighted by Gasteiger charge is 2.47. The highest BCUT2D eigenvalue weighted by Crippen LogP contribution is 2.55. The Morgan fingerprint density at radius 2 is 1.29 bits per heavy atom. The van der Waals surface area contributed by atoms with Gasteiger partial charge < -0.3 is 17.0 Å². The third-order valence-corrected chi connectivity index (χ3v) is 10.3. The standard InChI is InChI=1S/C23H22N4OPS.BrH/c28-23(30-17-16-27-19-24-25-26-27)18-29(20-10-4-1-5-11-20,21-12-6-2-7-13-21)22-14-8-3-9-15-22;/h1-15,19H,16-18H2;1H/q+1;/p-1. The number of tetrazole rings is 1. The lowest BCUT2D eigenvalue weighted by molar-refractivity contribution is -0.108. The first-order valence-electron chi connectivity index (χ1n) is 9.70. The van der Waals surface area contributed by atoms with Crippen LogP contribution in [0.25, 0.3) is 0 Å². The Balaban J connectivity index is 0.00000272. The molecule has 0 radical (unpaired) electrons. The quantitative estimate of drug-likeness (QED) is 0.309. The second-order valence-electron chi connectivity index (χ2n) is 6.77. The Hall–Kier alpha value is -2.34. The number of aryl methyl sites for hydroxylation is 1. The molecular weight excluding hydrogens is 491 g/mol. The van der Waals surface area contributed by atoms with E-state index >= 15 is 0 Å². The zero-order valence-electron chi connectivity index (χ0n) is 16.8. The summed E-state index contributed by atoms with van der Waals surface area (Å²) < 4.78 is 1.65. The van der Waals surface area contributed by atoms with Gasteiger partial charge in [0, 0.05) is 5.75 Å². The molecule has 4 aromatic rings. The predicted octanol–water partition coefficient (Wildman–Crippen LogP) is -0.0690. The van der Waals surface area contributed by atoms with Crippen molar-refractivity contribution in [2.24, 2.45) is 0 Å². The minimum Gasteiger partial charge on any atom is -1.00 e. The molecule has 0 saturated heterocycles.